The van der Waals surface area contributed by atoms with E-state index >= 15 is 0 Å². The van der Waals surface area contributed by atoms with E-state index in [1.165, 1.54) is 25.7 Å². The van der Waals surface area contributed by atoms with E-state index in [4.69, 9.17) is 0 Å². The molecule has 0 spiro atoms. The van der Waals surface area contributed by atoms with Crippen LogP contribution in [0.1, 0.15) is 39.5 Å². The maximum Gasteiger partial charge on any atom is 0.268 e. The van der Waals surface area contributed by atoms with Crippen LogP contribution in [0, 0.1) is 0 Å². The quantitative estimate of drug-likeness (QED) is 0.302. The molecular weight excluding hydrogens is 329 g/mol. The molecule has 22 heavy (non-hydrogen) atoms. The fourth-order valence-electron chi connectivity index (χ4n) is 0.984. The summed E-state index contributed by atoms with van der Waals surface area (Å²) in [5.41, 5.74) is 0. The van der Waals surface area contributed by atoms with Gasteiger partial charge in [-0.3, -0.25) is 4.57 Å². The molecule has 0 aromatic carbocycles. The molecule has 0 heterocycles. The molecule has 0 aromatic rings. The number of halogens is 4. The molecule has 0 atom stereocenters. The van der Waals surface area contributed by atoms with Gasteiger partial charge in [-0.05, 0) is 0 Å². The number of hydrogen-bond donors (Lipinski definition) is 0. The average Bonchev–Trinajstić information content (AvgIpc) is 2.44. The molecule has 136 valence electrons. The number of phosphoric acid groups is 1. The van der Waals surface area contributed by atoms with E-state index < -0.39 is 33.9 Å². The van der Waals surface area contributed by atoms with E-state index in [2.05, 4.69) is 28.2 Å². The highest BCUT2D eigenvalue weighted by Crippen LogP contribution is 2.38. The highest BCUT2D eigenvalue weighted by atomic mass is 31.2. The summed E-state index contributed by atoms with van der Waals surface area (Å²) in [6.07, 6.45) is -0.923. The summed E-state index contributed by atoms with van der Waals surface area (Å²) in [5.74, 6) is 0. The van der Waals surface area contributed by atoms with Crippen molar-refractivity contribution in [1.82, 2.24) is 0 Å². The summed E-state index contributed by atoms with van der Waals surface area (Å²) in [6, 6.07) is 0. The van der Waals surface area contributed by atoms with E-state index in [1.54, 1.807) is 0 Å². The maximum atomic E-state index is 11.4. The van der Waals surface area contributed by atoms with Crippen LogP contribution in [0.4, 0.5) is 17.6 Å². The first-order valence-electron chi connectivity index (χ1n) is 7.04. The fourth-order valence-corrected chi connectivity index (χ4v) is 1.65. The first-order chi connectivity index (χ1) is 10.2. The van der Waals surface area contributed by atoms with Crippen LogP contribution in [0.2, 0.25) is 0 Å². The molecule has 0 rings (SSSR count). The Bertz CT molecular complexity index is 264. The molecule has 0 aromatic heterocycles. The smallest absolute Gasteiger partial charge is 0.268 e. The van der Waals surface area contributed by atoms with Crippen molar-refractivity contribution in [2.75, 3.05) is 26.3 Å². The molecule has 0 N–H and O–H groups in total. The van der Waals surface area contributed by atoms with Gasteiger partial charge in [0.2, 0.25) is 0 Å². The fraction of sp³-hybridized carbons (Fsp3) is 1.00. The summed E-state index contributed by atoms with van der Waals surface area (Å²) >= 11 is 0. The predicted molar refractivity (Wildman–Crippen MR) is 74.4 cm³/mol. The van der Waals surface area contributed by atoms with Crippen LogP contribution in [0.15, 0.2) is 0 Å². The lowest BCUT2D eigenvalue weighted by Gasteiger charge is -2.21. The molecule has 0 aliphatic heterocycles. The van der Waals surface area contributed by atoms with Gasteiger partial charge in [0.1, 0.15) is 13.2 Å². The normalized spacial score (nSPS) is 11.7. The lowest BCUT2D eigenvalue weighted by Crippen LogP contribution is -2.15. The Hall–Kier alpha value is -0.210. The summed E-state index contributed by atoms with van der Waals surface area (Å²) in [4.78, 5) is 10.4. The van der Waals surface area contributed by atoms with Crippen LogP contribution in [0.5, 0.6) is 0 Å². The van der Waals surface area contributed by atoms with E-state index in [0.29, 0.717) is 0 Å². The van der Waals surface area contributed by atoms with Crippen molar-refractivity contribution in [3.8, 4) is 0 Å². The monoisotopic (exact) mass is 353 g/mol. The lowest BCUT2D eigenvalue weighted by atomic mass is 10.3. The molecule has 0 fully saturated rings. The number of rotatable bonds is 12. The van der Waals surface area contributed by atoms with Gasteiger partial charge in [-0.25, -0.2) is 17.6 Å². The summed E-state index contributed by atoms with van der Waals surface area (Å²) in [7, 11) is -5.01. The molecule has 0 amide bonds. The largest absolute Gasteiger partial charge is 0.756 e. The summed E-state index contributed by atoms with van der Waals surface area (Å²) in [6.45, 7) is 3.77. The molecule has 0 bridgehead atoms. The Kier molecular flexibility index (Phi) is 17.1. The van der Waals surface area contributed by atoms with Crippen LogP contribution in [-0.4, -0.2) is 39.2 Å². The van der Waals surface area contributed by atoms with Gasteiger partial charge in [-0.1, -0.05) is 39.5 Å². The van der Waals surface area contributed by atoms with Gasteiger partial charge in [0, 0.05) is 0 Å². The van der Waals surface area contributed by atoms with Crippen molar-refractivity contribution in [3.63, 3.8) is 0 Å². The van der Waals surface area contributed by atoms with E-state index in [-0.39, 0.29) is 0 Å². The van der Waals surface area contributed by atoms with E-state index in [0.717, 1.165) is 13.1 Å². The first-order valence-corrected chi connectivity index (χ1v) is 8.50. The average molecular weight is 353 g/mol. The van der Waals surface area contributed by atoms with E-state index in [9.17, 15) is 27.0 Å². The first kappa shape index (κ1) is 24.0. The molecule has 0 aliphatic carbocycles. The SMILES string of the molecule is CCCC[N-]CCCC.O=P([O-])(OCC(F)F)OCC(F)F. The van der Waals surface area contributed by atoms with Crippen LogP contribution in [-0.2, 0) is 13.6 Å². The second-order valence-corrected chi connectivity index (χ2v) is 5.61. The molecule has 0 aliphatic rings. The maximum absolute atomic E-state index is 11.4. The third-order valence-corrected chi connectivity index (χ3v) is 2.99. The van der Waals surface area contributed by atoms with Crippen LogP contribution in [0.3, 0.4) is 0 Å². The van der Waals surface area contributed by atoms with Crippen molar-refractivity contribution >= 4 is 7.82 Å². The molecule has 5 nitrogen and oxygen atoms in total. The molecule has 0 saturated heterocycles. The number of hydrogen-bond acceptors (Lipinski definition) is 4. The highest BCUT2D eigenvalue weighted by Gasteiger charge is 2.15. The third kappa shape index (κ3) is 22.1. The van der Waals surface area contributed by atoms with E-state index in [1.807, 2.05) is 0 Å². The van der Waals surface area contributed by atoms with Gasteiger partial charge in [0.25, 0.3) is 20.7 Å². The van der Waals surface area contributed by atoms with Crippen LogP contribution in [0.25, 0.3) is 5.32 Å². The topological polar surface area (TPSA) is 72.7 Å². The van der Waals surface area contributed by atoms with Crippen molar-refractivity contribution < 1.29 is 36.1 Å². The third-order valence-electron chi connectivity index (χ3n) is 2.06. The zero-order valence-electron chi connectivity index (χ0n) is 12.9. The minimum absolute atomic E-state index is 1.08. The highest BCUT2D eigenvalue weighted by molar-refractivity contribution is 7.45. The van der Waals surface area contributed by atoms with Gasteiger partial charge >= 0.3 is 0 Å². The number of phosphoric ester groups is 1. The van der Waals surface area contributed by atoms with Crippen molar-refractivity contribution in [3.05, 3.63) is 5.32 Å². The molecule has 10 heteroatoms. The minimum Gasteiger partial charge on any atom is -0.756 e. The zero-order chi connectivity index (χ0) is 17.4. The number of unbranched alkanes of at least 4 members (excludes halogenated alkanes) is 2. The van der Waals surface area contributed by atoms with Gasteiger partial charge in [0.15, 0.2) is 0 Å². The van der Waals surface area contributed by atoms with Crippen molar-refractivity contribution in [2.24, 2.45) is 0 Å². The van der Waals surface area contributed by atoms with Gasteiger partial charge < -0.3 is 19.3 Å². The number of alkyl halides is 4. The van der Waals surface area contributed by atoms with Crippen LogP contribution >= 0.6 is 7.82 Å². The van der Waals surface area contributed by atoms with Gasteiger partial charge in [-0.2, -0.15) is 0 Å². The van der Waals surface area contributed by atoms with Gasteiger partial charge in [-0.15, -0.1) is 13.1 Å². The minimum atomic E-state index is -5.01. The second kappa shape index (κ2) is 15.7. The Morgan fingerprint density at radius 1 is 0.955 bits per heavy atom. The molecule has 0 radical (unpaired) electrons. The lowest BCUT2D eigenvalue weighted by molar-refractivity contribution is -0.230. The summed E-state index contributed by atoms with van der Waals surface area (Å²) in [5, 5.41) is 4.35. The number of nitrogens with zero attached hydrogens (tertiary/aromatic N) is 1. The molecule has 0 unspecified atom stereocenters. The Balaban J connectivity index is 0. The Morgan fingerprint density at radius 2 is 1.32 bits per heavy atom. The Labute approximate surface area is 129 Å². The second-order valence-electron chi connectivity index (χ2n) is 4.20. The zero-order valence-corrected chi connectivity index (χ0v) is 13.7. The van der Waals surface area contributed by atoms with Crippen LogP contribution < -0.4 is 4.89 Å². The standard InChI is InChI=1S/C8H18N.C4H7F4O4P/c1-3-5-7-9-8-6-4-2;5-3(6)1-11-13(9,10)12-2-4(7)8/h3-8H2,1-2H3;3-4H,1-2H2,(H,9,10)/q-1;/p-1. The van der Waals surface area contributed by atoms with Crippen molar-refractivity contribution in [1.29, 1.82) is 0 Å². The predicted octanol–water partition coefficient (Wildman–Crippen LogP) is 3.98. The molecule has 0 saturated carbocycles. The summed E-state index contributed by atoms with van der Waals surface area (Å²) < 4.78 is 62.9. The molecular formula is C12H24F4NO4P-2. The van der Waals surface area contributed by atoms with Crippen molar-refractivity contribution in [2.45, 2.75) is 52.4 Å². The Morgan fingerprint density at radius 3 is 1.59 bits per heavy atom. The van der Waals surface area contributed by atoms with Gasteiger partial charge in [0.05, 0.1) is 0 Å².